The molecule has 4 rings (SSSR count). The molecule has 7 heteroatoms. The van der Waals surface area contributed by atoms with Crippen molar-refractivity contribution < 1.29 is 9.90 Å². The molecule has 0 atom stereocenters. The van der Waals surface area contributed by atoms with Gasteiger partial charge in [0.15, 0.2) is 10.7 Å². The summed E-state index contributed by atoms with van der Waals surface area (Å²) in [5, 5.41) is 15.1. The minimum absolute atomic E-state index is 0.513. The topological polar surface area (TPSA) is 71.2 Å². The Bertz CT molecular complexity index is 860. The number of carboxylic acids is 1. The van der Waals surface area contributed by atoms with Crippen LogP contribution in [0.5, 0.6) is 0 Å². The van der Waals surface area contributed by atoms with Crippen molar-refractivity contribution in [2.75, 3.05) is 18.0 Å². The molecule has 0 radical (unpaired) electrons. The van der Waals surface area contributed by atoms with Crippen LogP contribution in [0.25, 0.3) is 10.2 Å². The maximum atomic E-state index is 12.0. The van der Waals surface area contributed by atoms with Gasteiger partial charge in [0.1, 0.15) is 0 Å². The van der Waals surface area contributed by atoms with Gasteiger partial charge in [-0.15, -0.1) is 0 Å². The van der Waals surface area contributed by atoms with Gasteiger partial charge in [-0.25, -0.2) is 9.78 Å². The monoisotopic (exact) mass is 342 g/mol. The summed E-state index contributed by atoms with van der Waals surface area (Å²) in [4.78, 5) is 18.8. The Morgan fingerprint density at radius 2 is 2.04 bits per heavy atom. The van der Waals surface area contributed by atoms with Crippen molar-refractivity contribution in [1.82, 2.24) is 14.8 Å². The van der Waals surface area contributed by atoms with Crippen LogP contribution >= 0.6 is 11.3 Å². The first-order chi connectivity index (χ1) is 11.6. The molecule has 6 nitrogen and oxygen atoms in total. The highest BCUT2D eigenvalue weighted by atomic mass is 32.1. The van der Waals surface area contributed by atoms with Gasteiger partial charge < -0.3 is 10.0 Å². The van der Waals surface area contributed by atoms with Crippen molar-refractivity contribution in [3.63, 3.8) is 0 Å². The van der Waals surface area contributed by atoms with Gasteiger partial charge >= 0.3 is 5.97 Å². The van der Waals surface area contributed by atoms with Crippen LogP contribution in [0, 0.1) is 6.92 Å². The zero-order chi connectivity index (χ0) is 16.7. The van der Waals surface area contributed by atoms with Crippen LogP contribution in [0.4, 0.5) is 5.13 Å². The molecule has 1 N–H and O–H groups in total. The first-order valence-electron chi connectivity index (χ1n) is 7.94. The minimum atomic E-state index is -0.957. The maximum Gasteiger partial charge on any atom is 0.331 e. The molecule has 0 bridgehead atoms. The number of carbonyl (C=O) groups is 1. The smallest absolute Gasteiger partial charge is 0.331 e. The fourth-order valence-corrected chi connectivity index (χ4v) is 4.27. The standard InChI is InChI=1S/C17H18N4O2S/c1-12-10-18-21(11-12)17(15(22)23)6-8-20(9-7-17)16-19-13-4-2-3-5-14(13)24-16/h2-5,10-11H,6-9H2,1H3,(H,22,23). The molecular formula is C17H18N4O2S. The number of thiazole rings is 1. The molecule has 0 spiro atoms. The third kappa shape index (κ3) is 2.36. The second-order valence-corrected chi connectivity index (χ2v) is 7.26. The number of rotatable bonds is 3. The molecule has 0 saturated carbocycles. The first-order valence-corrected chi connectivity index (χ1v) is 8.76. The lowest BCUT2D eigenvalue weighted by atomic mass is 9.88. The van der Waals surface area contributed by atoms with Gasteiger partial charge in [-0.3, -0.25) is 4.68 Å². The Labute approximate surface area is 143 Å². The largest absolute Gasteiger partial charge is 0.479 e. The minimum Gasteiger partial charge on any atom is -0.479 e. The second-order valence-electron chi connectivity index (χ2n) is 6.25. The number of aromatic nitrogens is 3. The van der Waals surface area contributed by atoms with E-state index in [-0.39, 0.29) is 0 Å². The quantitative estimate of drug-likeness (QED) is 0.792. The van der Waals surface area contributed by atoms with Crippen LogP contribution in [-0.2, 0) is 10.3 Å². The van der Waals surface area contributed by atoms with Crippen molar-refractivity contribution in [3.05, 3.63) is 42.2 Å². The Hall–Kier alpha value is -2.41. The van der Waals surface area contributed by atoms with Crippen molar-refractivity contribution >= 4 is 32.7 Å². The van der Waals surface area contributed by atoms with Crippen molar-refractivity contribution in [2.45, 2.75) is 25.3 Å². The second kappa shape index (κ2) is 5.59. The van der Waals surface area contributed by atoms with E-state index in [2.05, 4.69) is 21.0 Å². The fourth-order valence-electron chi connectivity index (χ4n) is 3.25. The zero-order valence-electron chi connectivity index (χ0n) is 13.3. The molecule has 1 fully saturated rings. The van der Waals surface area contributed by atoms with E-state index in [1.165, 1.54) is 0 Å². The van der Waals surface area contributed by atoms with E-state index >= 15 is 0 Å². The van der Waals surface area contributed by atoms with Crippen LogP contribution < -0.4 is 4.90 Å². The molecule has 124 valence electrons. The van der Waals surface area contributed by atoms with Crippen molar-refractivity contribution in [1.29, 1.82) is 0 Å². The summed E-state index contributed by atoms with van der Waals surface area (Å²) in [6.45, 7) is 3.24. The summed E-state index contributed by atoms with van der Waals surface area (Å²) < 4.78 is 2.78. The fraction of sp³-hybridized carbons (Fsp3) is 0.353. The number of aliphatic carboxylic acids is 1. The van der Waals surface area contributed by atoms with E-state index < -0.39 is 11.5 Å². The van der Waals surface area contributed by atoms with Gasteiger partial charge in [-0.1, -0.05) is 23.5 Å². The Balaban J connectivity index is 1.59. The van der Waals surface area contributed by atoms with E-state index in [1.807, 2.05) is 31.3 Å². The van der Waals surface area contributed by atoms with Crippen molar-refractivity contribution in [3.8, 4) is 0 Å². The molecule has 3 aromatic rings. The number of benzene rings is 1. The highest BCUT2D eigenvalue weighted by molar-refractivity contribution is 7.22. The molecule has 1 aromatic carbocycles. The maximum absolute atomic E-state index is 12.0. The Morgan fingerprint density at radius 3 is 2.67 bits per heavy atom. The normalized spacial score (nSPS) is 17.3. The number of hydrogen-bond donors (Lipinski definition) is 1. The average Bonchev–Trinajstić information content (AvgIpc) is 3.21. The van der Waals surface area contributed by atoms with E-state index in [1.54, 1.807) is 22.2 Å². The summed E-state index contributed by atoms with van der Waals surface area (Å²) in [5.41, 5.74) is 1.01. The van der Waals surface area contributed by atoms with Gasteiger partial charge in [0.25, 0.3) is 0 Å². The first kappa shape index (κ1) is 15.1. The Kier molecular flexibility index (Phi) is 3.53. The van der Waals surface area contributed by atoms with Crippen LogP contribution in [-0.4, -0.2) is 38.9 Å². The number of hydrogen-bond acceptors (Lipinski definition) is 5. The number of aryl methyl sites for hydroxylation is 1. The van der Waals surface area contributed by atoms with Gasteiger partial charge in [0.2, 0.25) is 0 Å². The number of piperidine rings is 1. The van der Waals surface area contributed by atoms with Crippen LogP contribution in [0.2, 0.25) is 0 Å². The summed E-state index contributed by atoms with van der Waals surface area (Å²) in [6.07, 6.45) is 4.56. The van der Waals surface area contributed by atoms with E-state index in [0.717, 1.165) is 20.9 Å². The highest BCUT2D eigenvalue weighted by Crippen LogP contribution is 2.35. The predicted molar refractivity (Wildman–Crippen MR) is 93.6 cm³/mol. The number of para-hydroxylation sites is 1. The predicted octanol–water partition coefficient (Wildman–Crippen LogP) is 2.88. The number of anilines is 1. The molecule has 3 heterocycles. The van der Waals surface area contributed by atoms with Gasteiger partial charge in [0, 0.05) is 32.1 Å². The van der Waals surface area contributed by atoms with E-state index in [0.29, 0.717) is 25.9 Å². The lowest BCUT2D eigenvalue weighted by molar-refractivity contribution is -0.149. The lowest BCUT2D eigenvalue weighted by Gasteiger charge is -2.38. The van der Waals surface area contributed by atoms with Crippen LogP contribution in [0.15, 0.2) is 36.7 Å². The van der Waals surface area contributed by atoms with Gasteiger partial charge in [-0.2, -0.15) is 5.10 Å². The molecule has 2 aromatic heterocycles. The number of carboxylic acid groups (broad SMARTS) is 1. The number of fused-ring (bicyclic) bond motifs is 1. The summed E-state index contributed by atoms with van der Waals surface area (Å²) in [5.74, 6) is -0.811. The lowest BCUT2D eigenvalue weighted by Crippen LogP contribution is -2.51. The van der Waals surface area contributed by atoms with Crippen LogP contribution in [0.3, 0.4) is 0 Å². The van der Waals surface area contributed by atoms with E-state index in [4.69, 9.17) is 0 Å². The Morgan fingerprint density at radius 1 is 1.29 bits per heavy atom. The third-order valence-corrected chi connectivity index (χ3v) is 5.79. The summed E-state index contributed by atoms with van der Waals surface area (Å²) in [7, 11) is 0. The van der Waals surface area contributed by atoms with Gasteiger partial charge in [-0.05, 0) is 24.6 Å². The number of nitrogens with zero attached hydrogens (tertiary/aromatic N) is 4. The van der Waals surface area contributed by atoms with Crippen LogP contribution in [0.1, 0.15) is 18.4 Å². The average molecular weight is 342 g/mol. The third-order valence-electron chi connectivity index (χ3n) is 4.69. The van der Waals surface area contributed by atoms with Gasteiger partial charge in [0.05, 0.1) is 16.4 Å². The zero-order valence-corrected chi connectivity index (χ0v) is 14.2. The van der Waals surface area contributed by atoms with E-state index in [9.17, 15) is 9.90 Å². The molecule has 1 aliphatic heterocycles. The highest BCUT2D eigenvalue weighted by Gasteiger charge is 2.44. The molecule has 1 saturated heterocycles. The molecule has 0 unspecified atom stereocenters. The molecule has 1 aliphatic rings. The summed E-state index contributed by atoms with van der Waals surface area (Å²) >= 11 is 1.66. The molecular weight excluding hydrogens is 324 g/mol. The van der Waals surface area contributed by atoms with Crippen molar-refractivity contribution in [2.24, 2.45) is 0 Å². The summed E-state index contributed by atoms with van der Waals surface area (Å²) in [6, 6.07) is 8.06. The molecule has 0 amide bonds. The molecule has 0 aliphatic carbocycles. The SMILES string of the molecule is Cc1cnn(C2(C(=O)O)CCN(c3nc4ccccc4s3)CC2)c1. The molecule has 24 heavy (non-hydrogen) atoms.